The van der Waals surface area contributed by atoms with Gasteiger partial charge < -0.3 is 10.1 Å². The number of anilines is 1. The number of benzene rings is 3. The third kappa shape index (κ3) is 5.74. The van der Waals surface area contributed by atoms with E-state index in [9.17, 15) is 4.79 Å². The summed E-state index contributed by atoms with van der Waals surface area (Å²) in [4.78, 5) is 21.9. The van der Waals surface area contributed by atoms with Crippen LogP contribution in [0.4, 0.5) is 5.69 Å². The molecule has 4 rings (SSSR count). The predicted octanol–water partition coefficient (Wildman–Crippen LogP) is 5.94. The van der Waals surface area contributed by atoms with Crippen molar-refractivity contribution in [3.05, 3.63) is 91.0 Å². The van der Waals surface area contributed by atoms with Crippen molar-refractivity contribution in [1.82, 2.24) is 9.97 Å². The van der Waals surface area contributed by atoms with Crippen molar-refractivity contribution in [2.75, 3.05) is 17.7 Å². The van der Waals surface area contributed by atoms with E-state index in [0.717, 1.165) is 34.0 Å². The molecule has 1 aromatic heterocycles. The van der Waals surface area contributed by atoms with Crippen molar-refractivity contribution >= 4 is 23.4 Å². The van der Waals surface area contributed by atoms with Crippen LogP contribution in [0.3, 0.4) is 0 Å². The van der Waals surface area contributed by atoms with Gasteiger partial charge in [0.2, 0.25) is 5.91 Å². The molecule has 4 aromatic rings. The molecule has 160 valence electrons. The number of carbonyl (C=O) groups excluding carboxylic acids is 1. The van der Waals surface area contributed by atoms with E-state index in [1.807, 2.05) is 97.9 Å². The third-order valence-electron chi connectivity index (χ3n) is 4.63. The minimum absolute atomic E-state index is 0.117. The van der Waals surface area contributed by atoms with Gasteiger partial charge in [-0.15, -0.1) is 0 Å². The Labute approximate surface area is 191 Å². The van der Waals surface area contributed by atoms with E-state index in [1.165, 1.54) is 11.8 Å². The maximum atomic E-state index is 12.5. The van der Waals surface area contributed by atoms with E-state index in [-0.39, 0.29) is 11.7 Å². The zero-order valence-electron chi connectivity index (χ0n) is 17.7. The topological polar surface area (TPSA) is 64.1 Å². The monoisotopic (exact) mass is 441 g/mol. The molecular weight excluding hydrogens is 418 g/mol. The molecule has 0 bridgehead atoms. The Kier molecular flexibility index (Phi) is 7.15. The lowest BCUT2D eigenvalue weighted by molar-refractivity contribution is -0.113. The standard InChI is InChI=1S/C26H23N3O2S/c1-2-31-22-15-13-21(14-16-22)27-25(30)18-32-26-28-23(19-9-5-3-6-10-19)17-24(29-26)20-11-7-4-8-12-20/h3-17H,2,18H2,1H3,(H,27,30). The van der Waals surface area contributed by atoms with Gasteiger partial charge in [-0.25, -0.2) is 9.97 Å². The average molecular weight is 442 g/mol. The highest BCUT2D eigenvalue weighted by molar-refractivity contribution is 7.99. The maximum absolute atomic E-state index is 12.5. The summed E-state index contributed by atoms with van der Waals surface area (Å²) in [5.74, 6) is 0.869. The van der Waals surface area contributed by atoms with E-state index in [0.29, 0.717) is 11.8 Å². The van der Waals surface area contributed by atoms with Crippen LogP contribution in [0.15, 0.2) is 96.2 Å². The smallest absolute Gasteiger partial charge is 0.234 e. The van der Waals surface area contributed by atoms with E-state index in [4.69, 9.17) is 14.7 Å². The highest BCUT2D eigenvalue weighted by atomic mass is 32.2. The number of nitrogens with zero attached hydrogens (tertiary/aromatic N) is 2. The first-order chi connectivity index (χ1) is 15.7. The number of hydrogen-bond acceptors (Lipinski definition) is 5. The molecule has 0 unspecified atom stereocenters. The normalized spacial score (nSPS) is 10.5. The fourth-order valence-corrected chi connectivity index (χ4v) is 3.79. The summed E-state index contributed by atoms with van der Waals surface area (Å²) in [7, 11) is 0. The lowest BCUT2D eigenvalue weighted by Gasteiger charge is -2.09. The van der Waals surface area contributed by atoms with Crippen LogP contribution in [0.25, 0.3) is 22.5 Å². The SMILES string of the molecule is CCOc1ccc(NC(=O)CSc2nc(-c3ccccc3)cc(-c3ccccc3)n2)cc1. The molecule has 0 saturated carbocycles. The number of ether oxygens (including phenoxy) is 1. The Hall–Kier alpha value is -3.64. The molecule has 1 N–H and O–H groups in total. The van der Waals surface area contributed by atoms with Gasteiger partial charge in [0.1, 0.15) is 5.75 Å². The van der Waals surface area contributed by atoms with E-state index in [1.54, 1.807) is 0 Å². The minimum atomic E-state index is -0.117. The summed E-state index contributed by atoms with van der Waals surface area (Å²) in [6.07, 6.45) is 0. The summed E-state index contributed by atoms with van der Waals surface area (Å²) in [6.45, 7) is 2.54. The van der Waals surface area contributed by atoms with Gasteiger partial charge in [0, 0.05) is 16.8 Å². The van der Waals surface area contributed by atoms with Crippen molar-refractivity contribution in [2.24, 2.45) is 0 Å². The van der Waals surface area contributed by atoms with Gasteiger partial charge in [-0.1, -0.05) is 72.4 Å². The largest absolute Gasteiger partial charge is 0.494 e. The third-order valence-corrected chi connectivity index (χ3v) is 5.47. The molecule has 0 fully saturated rings. The molecule has 1 heterocycles. The second kappa shape index (κ2) is 10.6. The van der Waals surface area contributed by atoms with Crippen LogP contribution in [0.1, 0.15) is 6.92 Å². The zero-order valence-corrected chi connectivity index (χ0v) is 18.5. The maximum Gasteiger partial charge on any atom is 0.234 e. The van der Waals surface area contributed by atoms with Crippen LogP contribution in [0.2, 0.25) is 0 Å². The predicted molar refractivity (Wildman–Crippen MR) is 130 cm³/mol. The molecule has 32 heavy (non-hydrogen) atoms. The van der Waals surface area contributed by atoms with Crippen LogP contribution in [0.5, 0.6) is 5.75 Å². The number of thioether (sulfide) groups is 1. The highest BCUT2D eigenvalue weighted by Gasteiger charge is 2.11. The van der Waals surface area contributed by atoms with Crippen LogP contribution in [-0.4, -0.2) is 28.2 Å². The fourth-order valence-electron chi connectivity index (χ4n) is 3.13. The van der Waals surface area contributed by atoms with Gasteiger partial charge in [-0.2, -0.15) is 0 Å². The molecule has 3 aromatic carbocycles. The van der Waals surface area contributed by atoms with Crippen LogP contribution < -0.4 is 10.1 Å². The highest BCUT2D eigenvalue weighted by Crippen LogP contribution is 2.27. The van der Waals surface area contributed by atoms with Crippen LogP contribution >= 0.6 is 11.8 Å². The summed E-state index contributed by atoms with van der Waals surface area (Å²) in [5.41, 5.74) is 4.39. The quantitative estimate of drug-likeness (QED) is 0.271. The van der Waals surface area contributed by atoms with Crippen molar-refractivity contribution in [2.45, 2.75) is 12.1 Å². The lowest BCUT2D eigenvalue weighted by Crippen LogP contribution is -2.14. The second-order valence-electron chi connectivity index (χ2n) is 6.95. The Balaban J connectivity index is 1.50. The van der Waals surface area contributed by atoms with Gasteiger partial charge >= 0.3 is 0 Å². The van der Waals surface area contributed by atoms with Crippen LogP contribution in [-0.2, 0) is 4.79 Å². The first kappa shape index (κ1) is 21.6. The number of nitrogens with one attached hydrogen (secondary N) is 1. The molecule has 0 aliphatic rings. The molecule has 0 spiro atoms. The number of amides is 1. The molecular formula is C26H23N3O2S. The molecule has 1 amide bonds. The van der Waals surface area contributed by atoms with Crippen LogP contribution in [0, 0.1) is 0 Å². The minimum Gasteiger partial charge on any atom is -0.494 e. The number of aromatic nitrogens is 2. The Bertz CT molecular complexity index is 1110. The van der Waals surface area contributed by atoms with E-state index in [2.05, 4.69) is 5.32 Å². The number of carbonyl (C=O) groups is 1. The van der Waals surface area contributed by atoms with E-state index >= 15 is 0 Å². The van der Waals surface area contributed by atoms with Crippen molar-refractivity contribution in [3.63, 3.8) is 0 Å². The van der Waals surface area contributed by atoms with Gasteiger partial charge in [0.05, 0.1) is 23.7 Å². The summed E-state index contributed by atoms with van der Waals surface area (Å²) in [6, 6.07) is 29.3. The average Bonchev–Trinajstić information content (AvgIpc) is 2.85. The first-order valence-electron chi connectivity index (χ1n) is 10.4. The van der Waals surface area contributed by atoms with Gasteiger partial charge in [0.25, 0.3) is 0 Å². The van der Waals surface area contributed by atoms with Gasteiger partial charge in [-0.05, 0) is 37.3 Å². The molecule has 5 nitrogen and oxygen atoms in total. The van der Waals surface area contributed by atoms with Gasteiger partial charge in [-0.3, -0.25) is 4.79 Å². The Morgan fingerprint density at radius 2 is 1.41 bits per heavy atom. The molecule has 0 aliphatic carbocycles. The second-order valence-corrected chi connectivity index (χ2v) is 7.89. The first-order valence-corrected chi connectivity index (χ1v) is 11.4. The number of rotatable bonds is 8. The summed E-state index contributed by atoms with van der Waals surface area (Å²) >= 11 is 1.32. The number of hydrogen-bond donors (Lipinski definition) is 1. The summed E-state index contributed by atoms with van der Waals surface area (Å²) < 4.78 is 5.43. The molecule has 0 atom stereocenters. The Morgan fingerprint density at radius 1 is 0.844 bits per heavy atom. The molecule has 6 heteroatoms. The molecule has 0 saturated heterocycles. The van der Waals surface area contributed by atoms with Crippen molar-refractivity contribution in [1.29, 1.82) is 0 Å². The van der Waals surface area contributed by atoms with Gasteiger partial charge in [0.15, 0.2) is 5.16 Å². The fraction of sp³-hybridized carbons (Fsp3) is 0.115. The summed E-state index contributed by atoms with van der Waals surface area (Å²) in [5, 5.41) is 3.47. The van der Waals surface area contributed by atoms with Crippen molar-refractivity contribution < 1.29 is 9.53 Å². The van der Waals surface area contributed by atoms with E-state index < -0.39 is 0 Å². The zero-order chi connectivity index (χ0) is 22.2. The van der Waals surface area contributed by atoms with Crippen molar-refractivity contribution in [3.8, 4) is 28.3 Å². The lowest BCUT2D eigenvalue weighted by atomic mass is 10.1. The Morgan fingerprint density at radius 3 is 1.94 bits per heavy atom. The molecule has 0 aliphatic heterocycles. The molecule has 0 radical (unpaired) electrons.